The number of nitrogens with zero attached hydrogens (tertiary/aromatic N) is 2. The number of ether oxygens (including phenoxy) is 1. The molecule has 1 aromatic rings. The van der Waals surface area contributed by atoms with E-state index < -0.39 is 18.0 Å². The molecule has 1 aliphatic rings. The van der Waals surface area contributed by atoms with E-state index in [1.54, 1.807) is 13.0 Å². The number of carbonyl (C=O) groups excluding carboxylic acids is 1. The van der Waals surface area contributed by atoms with Gasteiger partial charge in [-0.05, 0) is 44.0 Å². The van der Waals surface area contributed by atoms with Crippen LogP contribution in [0.5, 0.6) is 0 Å². The molecule has 0 fully saturated rings. The van der Waals surface area contributed by atoms with Gasteiger partial charge in [0, 0.05) is 6.42 Å². The van der Waals surface area contributed by atoms with Crippen LogP contribution in [0.4, 0.5) is 5.69 Å². The molecule has 0 unspecified atom stereocenters. The number of anilines is 1. The molecule has 1 N–H and O–H groups in total. The Bertz CT molecular complexity index is 610. The zero-order chi connectivity index (χ0) is 15.6. The highest BCUT2D eigenvalue weighted by molar-refractivity contribution is 6.38. The molecule has 1 aliphatic heterocycles. The van der Waals surface area contributed by atoms with Crippen LogP contribution in [0.15, 0.2) is 23.3 Å². The maximum absolute atomic E-state index is 11.7. The number of hydrogen-bond donors (Lipinski definition) is 1. The predicted octanol–water partition coefficient (Wildman–Crippen LogP) is 1.89. The van der Waals surface area contributed by atoms with Gasteiger partial charge in [0.05, 0.1) is 12.3 Å². The summed E-state index contributed by atoms with van der Waals surface area (Å²) in [4.78, 5) is 23.1. The zero-order valence-electron chi connectivity index (χ0n) is 12.3. The van der Waals surface area contributed by atoms with Crippen LogP contribution >= 0.6 is 0 Å². The molecule has 1 heterocycles. The smallest absolute Gasteiger partial charge is 0.354 e. The van der Waals surface area contributed by atoms with Gasteiger partial charge in [0.2, 0.25) is 0 Å². The molecule has 0 aromatic heterocycles. The van der Waals surface area contributed by atoms with Crippen molar-refractivity contribution >= 4 is 23.3 Å². The van der Waals surface area contributed by atoms with Crippen molar-refractivity contribution in [2.45, 2.75) is 33.2 Å². The van der Waals surface area contributed by atoms with E-state index >= 15 is 0 Å². The van der Waals surface area contributed by atoms with Gasteiger partial charge < -0.3 is 9.84 Å². The fourth-order valence-electron chi connectivity index (χ4n) is 2.15. The van der Waals surface area contributed by atoms with Gasteiger partial charge in [-0.25, -0.2) is 9.59 Å². The molecule has 6 heteroatoms. The lowest BCUT2D eigenvalue weighted by atomic mass is 10.1. The van der Waals surface area contributed by atoms with Crippen molar-refractivity contribution in [3.63, 3.8) is 0 Å². The summed E-state index contributed by atoms with van der Waals surface area (Å²) in [6, 6.07) is 4.69. The molecule has 0 radical (unpaired) electrons. The van der Waals surface area contributed by atoms with Gasteiger partial charge in [-0.15, -0.1) is 0 Å². The Kier molecular flexibility index (Phi) is 4.26. The maximum atomic E-state index is 11.7. The summed E-state index contributed by atoms with van der Waals surface area (Å²) < 4.78 is 4.89. The summed E-state index contributed by atoms with van der Waals surface area (Å²) in [5, 5.41) is 14.9. The van der Waals surface area contributed by atoms with Gasteiger partial charge in [0.15, 0.2) is 6.04 Å². The number of esters is 1. The number of benzene rings is 1. The van der Waals surface area contributed by atoms with Gasteiger partial charge in [-0.2, -0.15) is 5.10 Å². The van der Waals surface area contributed by atoms with E-state index in [1.165, 1.54) is 5.01 Å². The molecule has 21 heavy (non-hydrogen) atoms. The second-order valence-electron chi connectivity index (χ2n) is 4.94. The zero-order valence-corrected chi connectivity index (χ0v) is 12.3. The first-order valence-corrected chi connectivity index (χ1v) is 6.78. The fourth-order valence-corrected chi connectivity index (χ4v) is 2.15. The van der Waals surface area contributed by atoms with Crippen molar-refractivity contribution in [1.82, 2.24) is 0 Å². The predicted molar refractivity (Wildman–Crippen MR) is 78.5 cm³/mol. The van der Waals surface area contributed by atoms with Gasteiger partial charge >= 0.3 is 11.9 Å². The molecule has 0 saturated heterocycles. The van der Waals surface area contributed by atoms with E-state index in [0.717, 1.165) is 11.1 Å². The maximum Gasteiger partial charge on any atom is 0.354 e. The highest BCUT2D eigenvalue weighted by Gasteiger charge is 2.36. The quantitative estimate of drug-likeness (QED) is 0.857. The van der Waals surface area contributed by atoms with Crippen LogP contribution < -0.4 is 5.01 Å². The summed E-state index contributed by atoms with van der Waals surface area (Å²) >= 11 is 0. The van der Waals surface area contributed by atoms with E-state index in [1.807, 2.05) is 26.0 Å². The molecule has 1 atom stereocenters. The SMILES string of the molecule is CCOC(=O)C1=NN(c2ccc(C)c(C)c2)[C@@H](C(=O)O)C1. The number of carboxylic acid groups (broad SMARTS) is 1. The second-order valence-corrected chi connectivity index (χ2v) is 4.94. The average molecular weight is 290 g/mol. The number of rotatable bonds is 4. The lowest BCUT2D eigenvalue weighted by Gasteiger charge is -2.20. The molecule has 0 amide bonds. The summed E-state index contributed by atoms with van der Waals surface area (Å²) in [7, 11) is 0. The van der Waals surface area contributed by atoms with Crippen LogP contribution in [-0.2, 0) is 14.3 Å². The molecule has 6 nitrogen and oxygen atoms in total. The molecule has 0 saturated carbocycles. The molecule has 0 spiro atoms. The van der Waals surface area contributed by atoms with Crippen LogP contribution in [0.1, 0.15) is 24.5 Å². The Morgan fingerprint density at radius 1 is 1.38 bits per heavy atom. The first-order chi connectivity index (χ1) is 9.93. The van der Waals surface area contributed by atoms with Crippen LogP contribution in [0.25, 0.3) is 0 Å². The van der Waals surface area contributed by atoms with Gasteiger partial charge in [-0.3, -0.25) is 5.01 Å². The number of hydrazone groups is 1. The Hall–Kier alpha value is -2.37. The Morgan fingerprint density at radius 3 is 2.67 bits per heavy atom. The minimum atomic E-state index is -1.02. The molecular formula is C15H18N2O4. The second kappa shape index (κ2) is 5.95. The standard InChI is InChI=1S/C15H18N2O4/c1-4-21-15(20)12-8-13(14(18)19)17(16-12)11-6-5-9(2)10(3)7-11/h5-7,13H,4,8H2,1-3H3,(H,18,19)/t13-/m1/s1. The topological polar surface area (TPSA) is 79.2 Å². The van der Waals surface area contributed by atoms with Gasteiger partial charge in [0.1, 0.15) is 5.71 Å². The Balaban J connectivity index is 2.35. The van der Waals surface area contributed by atoms with Crippen molar-refractivity contribution < 1.29 is 19.4 Å². The van der Waals surface area contributed by atoms with E-state index in [0.29, 0.717) is 5.69 Å². The van der Waals surface area contributed by atoms with Crippen molar-refractivity contribution in [3.05, 3.63) is 29.3 Å². The third-order valence-corrected chi connectivity index (χ3v) is 3.46. The number of carbonyl (C=O) groups is 2. The third-order valence-electron chi connectivity index (χ3n) is 3.46. The van der Waals surface area contributed by atoms with Crippen molar-refractivity contribution in [1.29, 1.82) is 0 Å². The minimum absolute atomic E-state index is 0.0427. The largest absolute Gasteiger partial charge is 0.480 e. The third kappa shape index (κ3) is 3.04. The number of hydrogen-bond acceptors (Lipinski definition) is 5. The monoisotopic (exact) mass is 290 g/mol. The van der Waals surface area contributed by atoms with Crippen LogP contribution in [0.3, 0.4) is 0 Å². The molecular weight excluding hydrogens is 272 g/mol. The van der Waals surface area contributed by atoms with Crippen molar-refractivity contribution in [3.8, 4) is 0 Å². The molecule has 1 aromatic carbocycles. The van der Waals surface area contributed by atoms with Crippen LogP contribution in [-0.4, -0.2) is 35.4 Å². The van der Waals surface area contributed by atoms with E-state index in [2.05, 4.69) is 5.10 Å². The van der Waals surface area contributed by atoms with E-state index in [9.17, 15) is 14.7 Å². The summed E-state index contributed by atoms with van der Waals surface area (Å²) in [6.07, 6.45) is 0.0427. The highest BCUT2D eigenvalue weighted by Crippen LogP contribution is 2.27. The first-order valence-electron chi connectivity index (χ1n) is 6.78. The summed E-state index contributed by atoms with van der Waals surface area (Å²) in [5.74, 6) is -1.58. The average Bonchev–Trinajstić information content (AvgIpc) is 2.87. The van der Waals surface area contributed by atoms with Crippen molar-refractivity contribution in [2.24, 2.45) is 5.10 Å². The molecule has 0 aliphatic carbocycles. The first kappa shape index (κ1) is 15.0. The molecule has 112 valence electrons. The van der Waals surface area contributed by atoms with E-state index in [4.69, 9.17) is 4.74 Å². The number of carboxylic acids is 1. The molecule has 2 rings (SSSR count). The Morgan fingerprint density at radius 2 is 2.10 bits per heavy atom. The highest BCUT2D eigenvalue weighted by atomic mass is 16.5. The van der Waals surface area contributed by atoms with Crippen LogP contribution in [0.2, 0.25) is 0 Å². The van der Waals surface area contributed by atoms with Crippen LogP contribution in [0, 0.1) is 13.8 Å². The number of aryl methyl sites for hydroxylation is 2. The summed E-state index contributed by atoms with van der Waals surface area (Å²) in [5.41, 5.74) is 2.95. The lowest BCUT2D eigenvalue weighted by Crippen LogP contribution is -2.34. The fraction of sp³-hybridized carbons (Fsp3) is 0.400. The minimum Gasteiger partial charge on any atom is -0.480 e. The normalized spacial score (nSPS) is 17.6. The van der Waals surface area contributed by atoms with E-state index in [-0.39, 0.29) is 18.7 Å². The Labute approximate surface area is 123 Å². The summed E-state index contributed by atoms with van der Waals surface area (Å²) in [6.45, 7) is 5.86. The van der Waals surface area contributed by atoms with Crippen molar-refractivity contribution in [2.75, 3.05) is 11.6 Å². The lowest BCUT2D eigenvalue weighted by molar-refractivity contribution is -0.138. The van der Waals surface area contributed by atoms with Gasteiger partial charge in [-0.1, -0.05) is 6.07 Å². The number of aliphatic carboxylic acids is 1. The van der Waals surface area contributed by atoms with Gasteiger partial charge in [0.25, 0.3) is 0 Å². The molecule has 0 bridgehead atoms.